The summed E-state index contributed by atoms with van der Waals surface area (Å²) in [5.74, 6) is 0.536. The molecule has 1 saturated heterocycles. The van der Waals surface area contributed by atoms with Gasteiger partial charge in [-0.1, -0.05) is 53.2 Å². The monoisotopic (exact) mass is 455 g/mol. The number of nitrogens with zero attached hydrogens (tertiary/aromatic N) is 5. The molecule has 0 saturated carbocycles. The molecule has 2 aromatic heterocycles. The Morgan fingerprint density at radius 2 is 1.65 bits per heavy atom. The highest BCUT2D eigenvalue weighted by Crippen LogP contribution is 2.23. The Balaban J connectivity index is 1.22. The standard InChI is InChI=1S/C27H29N5O2/c1-19-9-11-22(12-10-19)26-17-25(29-34-26)27(33)31-15-13-30(14-16-31)18-24-20(2)28-32(21(24)3)23-7-5-4-6-8-23/h4-12,17H,13-16,18H2,1-3H3. The third-order valence-corrected chi connectivity index (χ3v) is 6.55. The van der Waals surface area contributed by atoms with Gasteiger partial charge in [0.25, 0.3) is 5.91 Å². The number of piperazine rings is 1. The molecule has 34 heavy (non-hydrogen) atoms. The zero-order valence-corrected chi connectivity index (χ0v) is 19.9. The van der Waals surface area contributed by atoms with Gasteiger partial charge in [0, 0.05) is 55.6 Å². The fraction of sp³-hybridized carbons (Fsp3) is 0.296. The van der Waals surface area contributed by atoms with Crippen molar-refractivity contribution in [3.63, 3.8) is 0 Å². The molecule has 1 aliphatic rings. The quantitative estimate of drug-likeness (QED) is 0.446. The predicted molar refractivity (Wildman–Crippen MR) is 131 cm³/mol. The number of hydrogen-bond donors (Lipinski definition) is 0. The average molecular weight is 456 g/mol. The van der Waals surface area contributed by atoms with E-state index in [0.29, 0.717) is 24.5 Å². The van der Waals surface area contributed by atoms with Crippen LogP contribution in [-0.2, 0) is 6.54 Å². The smallest absolute Gasteiger partial charge is 0.276 e. The molecule has 174 valence electrons. The van der Waals surface area contributed by atoms with Crippen LogP contribution in [0, 0.1) is 20.8 Å². The molecule has 0 aliphatic carbocycles. The number of para-hydroxylation sites is 1. The molecule has 0 bridgehead atoms. The number of aryl methyl sites for hydroxylation is 2. The Labute approximate surface area is 199 Å². The number of amides is 1. The first kappa shape index (κ1) is 22.1. The average Bonchev–Trinajstić information content (AvgIpc) is 3.46. The van der Waals surface area contributed by atoms with Crippen LogP contribution in [0.4, 0.5) is 0 Å². The minimum atomic E-state index is -0.0778. The Bertz CT molecular complexity index is 1280. The number of aromatic nitrogens is 3. The molecule has 5 rings (SSSR count). The van der Waals surface area contributed by atoms with Crippen molar-refractivity contribution in [3.8, 4) is 17.0 Å². The van der Waals surface area contributed by atoms with Crippen LogP contribution in [0.15, 0.2) is 65.2 Å². The van der Waals surface area contributed by atoms with E-state index in [1.165, 1.54) is 11.1 Å². The van der Waals surface area contributed by atoms with Gasteiger partial charge in [0.05, 0.1) is 11.4 Å². The van der Waals surface area contributed by atoms with Gasteiger partial charge in [0.2, 0.25) is 0 Å². The second-order valence-electron chi connectivity index (χ2n) is 8.91. The van der Waals surface area contributed by atoms with Gasteiger partial charge < -0.3 is 9.42 Å². The molecule has 0 atom stereocenters. The summed E-state index contributed by atoms with van der Waals surface area (Å²) in [6.07, 6.45) is 0. The summed E-state index contributed by atoms with van der Waals surface area (Å²) in [5.41, 5.74) is 6.99. The molecule has 0 radical (unpaired) electrons. The summed E-state index contributed by atoms with van der Waals surface area (Å²) >= 11 is 0. The van der Waals surface area contributed by atoms with Crippen molar-refractivity contribution in [2.45, 2.75) is 27.3 Å². The summed E-state index contributed by atoms with van der Waals surface area (Å²) < 4.78 is 7.47. The van der Waals surface area contributed by atoms with E-state index in [2.05, 4.69) is 36.0 Å². The second-order valence-corrected chi connectivity index (χ2v) is 8.91. The van der Waals surface area contributed by atoms with Gasteiger partial charge in [-0.15, -0.1) is 0 Å². The van der Waals surface area contributed by atoms with E-state index < -0.39 is 0 Å². The summed E-state index contributed by atoms with van der Waals surface area (Å²) in [4.78, 5) is 17.3. The first-order valence-electron chi connectivity index (χ1n) is 11.7. The van der Waals surface area contributed by atoms with Crippen LogP contribution in [0.1, 0.15) is 33.0 Å². The van der Waals surface area contributed by atoms with Crippen LogP contribution in [0.25, 0.3) is 17.0 Å². The Kier molecular flexibility index (Phi) is 6.02. The highest BCUT2D eigenvalue weighted by molar-refractivity contribution is 5.93. The van der Waals surface area contributed by atoms with Crippen LogP contribution in [0.2, 0.25) is 0 Å². The lowest BCUT2D eigenvalue weighted by Crippen LogP contribution is -2.48. The van der Waals surface area contributed by atoms with E-state index in [9.17, 15) is 4.79 Å². The number of benzene rings is 2. The lowest BCUT2D eigenvalue weighted by Gasteiger charge is -2.34. The van der Waals surface area contributed by atoms with Crippen LogP contribution in [0.3, 0.4) is 0 Å². The molecule has 1 aliphatic heterocycles. The minimum Gasteiger partial charge on any atom is -0.355 e. The molecule has 0 spiro atoms. The summed E-state index contributed by atoms with van der Waals surface area (Å²) in [6.45, 7) is 10.0. The molecular formula is C27H29N5O2. The van der Waals surface area contributed by atoms with Crippen molar-refractivity contribution in [3.05, 3.63) is 88.9 Å². The van der Waals surface area contributed by atoms with Gasteiger partial charge in [0.1, 0.15) is 0 Å². The highest BCUT2D eigenvalue weighted by Gasteiger charge is 2.26. The van der Waals surface area contributed by atoms with Gasteiger partial charge in [0.15, 0.2) is 11.5 Å². The Morgan fingerprint density at radius 1 is 0.941 bits per heavy atom. The largest absolute Gasteiger partial charge is 0.355 e. The van der Waals surface area contributed by atoms with Gasteiger partial charge in [-0.25, -0.2) is 4.68 Å². The van der Waals surface area contributed by atoms with Crippen molar-refractivity contribution < 1.29 is 9.32 Å². The highest BCUT2D eigenvalue weighted by atomic mass is 16.5. The van der Waals surface area contributed by atoms with E-state index in [1.807, 2.05) is 59.0 Å². The Hall–Kier alpha value is -3.71. The second kappa shape index (κ2) is 9.27. The molecule has 4 aromatic rings. The molecule has 1 fully saturated rings. The summed E-state index contributed by atoms with van der Waals surface area (Å²) in [7, 11) is 0. The van der Waals surface area contributed by atoms with Crippen molar-refractivity contribution in [2.24, 2.45) is 0 Å². The third-order valence-electron chi connectivity index (χ3n) is 6.55. The van der Waals surface area contributed by atoms with Gasteiger partial charge >= 0.3 is 0 Å². The molecule has 2 aromatic carbocycles. The van der Waals surface area contributed by atoms with Gasteiger partial charge in [-0.2, -0.15) is 5.10 Å². The van der Waals surface area contributed by atoms with Crippen molar-refractivity contribution in [1.29, 1.82) is 0 Å². The predicted octanol–water partition coefficient (Wildman–Crippen LogP) is 4.41. The maximum atomic E-state index is 13.0. The first-order chi connectivity index (χ1) is 16.5. The first-order valence-corrected chi connectivity index (χ1v) is 11.7. The van der Waals surface area contributed by atoms with E-state index in [-0.39, 0.29) is 5.91 Å². The fourth-order valence-corrected chi connectivity index (χ4v) is 4.45. The molecule has 7 heteroatoms. The molecule has 7 nitrogen and oxygen atoms in total. The van der Waals surface area contributed by atoms with E-state index in [0.717, 1.165) is 42.3 Å². The summed E-state index contributed by atoms with van der Waals surface area (Å²) in [5, 5.41) is 8.81. The lowest BCUT2D eigenvalue weighted by atomic mass is 10.1. The Morgan fingerprint density at radius 3 is 2.35 bits per heavy atom. The third kappa shape index (κ3) is 4.39. The van der Waals surface area contributed by atoms with Crippen LogP contribution >= 0.6 is 0 Å². The number of hydrogen-bond acceptors (Lipinski definition) is 5. The minimum absolute atomic E-state index is 0.0778. The maximum Gasteiger partial charge on any atom is 0.276 e. The van der Waals surface area contributed by atoms with Crippen LogP contribution in [-0.4, -0.2) is 56.8 Å². The van der Waals surface area contributed by atoms with Crippen molar-refractivity contribution in [2.75, 3.05) is 26.2 Å². The lowest BCUT2D eigenvalue weighted by molar-refractivity contribution is 0.0618. The van der Waals surface area contributed by atoms with E-state index in [4.69, 9.17) is 9.62 Å². The fourth-order valence-electron chi connectivity index (χ4n) is 4.45. The van der Waals surface area contributed by atoms with Crippen LogP contribution in [0.5, 0.6) is 0 Å². The molecule has 0 unspecified atom stereocenters. The topological polar surface area (TPSA) is 67.4 Å². The number of rotatable bonds is 5. The normalized spacial score (nSPS) is 14.5. The zero-order valence-electron chi connectivity index (χ0n) is 19.9. The SMILES string of the molecule is Cc1ccc(-c2cc(C(=O)N3CCN(Cc4c(C)nn(-c5ccccc5)c4C)CC3)no2)cc1. The maximum absolute atomic E-state index is 13.0. The summed E-state index contributed by atoms with van der Waals surface area (Å²) in [6, 6.07) is 19.9. The number of carbonyl (C=O) groups is 1. The molecule has 0 N–H and O–H groups in total. The van der Waals surface area contributed by atoms with Gasteiger partial charge in [-0.3, -0.25) is 9.69 Å². The van der Waals surface area contributed by atoms with Crippen LogP contribution < -0.4 is 0 Å². The number of carbonyl (C=O) groups excluding carboxylic acids is 1. The van der Waals surface area contributed by atoms with Gasteiger partial charge in [-0.05, 0) is 32.9 Å². The molecular weight excluding hydrogens is 426 g/mol. The molecule has 1 amide bonds. The molecule has 3 heterocycles. The van der Waals surface area contributed by atoms with Crippen molar-refractivity contribution >= 4 is 5.91 Å². The zero-order chi connectivity index (χ0) is 23.7. The van der Waals surface area contributed by atoms with E-state index in [1.54, 1.807) is 6.07 Å². The van der Waals surface area contributed by atoms with E-state index >= 15 is 0 Å². The van der Waals surface area contributed by atoms with Crippen molar-refractivity contribution in [1.82, 2.24) is 24.7 Å².